The largest absolute Gasteiger partial charge is 0.369 e. The lowest BCUT2D eigenvalue weighted by atomic mass is 10.1. The summed E-state index contributed by atoms with van der Waals surface area (Å²) in [6, 6.07) is 5.22. The Morgan fingerprint density at radius 1 is 1.17 bits per heavy atom. The van der Waals surface area contributed by atoms with Crippen LogP contribution in [0.5, 0.6) is 0 Å². The molecule has 0 aromatic heterocycles. The van der Waals surface area contributed by atoms with Crippen LogP contribution in [0.1, 0.15) is 13.8 Å². The molecule has 0 aliphatic carbocycles. The topological polar surface area (TPSA) is 80.0 Å². The van der Waals surface area contributed by atoms with Crippen LogP contribution in [0.2, 0.25) is 10.0 Å². The summed E-state index contributed by atoms with van der Waals surface area (Å²) in [6.45, 7) is 3.70. The molecule has 7 heteroatoms. The van der Waals surface area contributed by atoms with Gasteiger partial charge in [0.1, 0.15) is 5.66 Å². The summed E-state index contributed by atoms with van der Waals surface area (Å²) in [7, 11) is 0. The first-order valence-electron chi connectivity index (χ1n) is 5.26. The van der Waals surface area contributed by atoms with Crippen LogP contribution >= 0.6 is 23.2 Å². The fourth-order valence-corrected chi connectivity index (χ4v) is 2.46. The first kappa shape index (κ1) is 13.0. The first-order chi connectivity index (χ1) is 8.33. The predicted molar refractivity (Wildman–Crippen MR) is 76.3 cm³/mol. The van der Waals surface area contributed by atoms with E-state index in [1.54, 1.807) is 23.1 Å². The van der Waals surface area contributed by atoms with Gasteiger partial charge in [-0.05, 0) is 26.0 Å². The van der Waals surface area contributed by atoms with Gasteiger partial charge in [-0.25, -0.2) is 4.99 Å². The third kappa shape index (κ3) is 2.11. The number of hydrogen-bond acceptors (Lipinski definition) is 5. The maximum atomic E-state index is 6.18. The number of nitrogens with two attached hydrogens (primary N) is 2. The first-order valence-corrected chi connectivity index (χ1v) is 6.02. The van der Waals surface area contributed by atoms with Crippen molar-refractivity contribution in [1.29, 1.82) is 0 Å². The number of anilines is 1. The van der Waals surface area contributed by atoms with E-state index in [0.29, 0.717) is 15.7 Å². The maximum Gasteiger partial charge on any atom is 0.220 e. The molecule has 0 amide bonds. The fourth-order valence-electron chi connectivity index (χ4n) is 1.89. The number of rotatable bonds is 1. The summed E-state index contributed by atoms with van der Waals surface area (Å²) in [5.74, 6) is 0.347. The van der Waals surface area contributed by atoms with E-state index in [0.717, 1.165) is 0 Å². The van der Waals surface area contributed by atoms with E-state index in [1.807, 2.05) is 13.8 Å². The molecule has 0 unspecified atom stereocenters. The van der Waals surface area contributed by atoms with Gasteiger partial charge in [-0.1, -0.05) is 29.3 Å². The van der Waals surface area contributed by atoms with Crippen LogP contribution in [-0.4, -0.2) is 17.6 Å². The summed E-state index contributed by atoms with van der Waals surface area (Å²) in [6.07, 6.45) is 0. The fraction of sp³-hybridized carbons (Fsp3) is 0.273. The number of halogens is 2. The van der Waals surface area contributed by atoms with Gasteiger partial charge in [-0.3, -0.25) is 4.90 Å². The second kappa shape index (κ2) is 4.33. The smallest absolute Gasteiger partial charge is 0.220 e. The average molecular weight is 286 g/mol. The third-order valence-electron chi connectivity index (χ3n) is 2.55. The van der Waals surface area contributed by atoms with Gasteiger partial charge in [0, 0.05) is 0 Å². The van der Waals surface area contributed by atoms with Gasteiger partial charge in [0.2, 0.25) is 11.9 Å². The Labute approximate surface area is 115 Å². The minimum absolute atomic E-state index is 0.136. The monoisotopic (exact) mass is 285 g/mol. The van der Waals surface area contributed by atoms with Gasteiger partial charge in [0.05, 0.1) is 15.7 Å². The molecular weight excluding hydrogens is 273 g/mol. The zero-order valence-electron chi connectivity index (χ0n) is 9.98. The third-order valence-corrected chi connectivity index (χ3v) is 3.16. The molecule has 4 N–H and O–H groups in total. The molecule has 5 nitrogen and oxygen atoms in total. The highest BCUT2D eigenvalue weighted by atomic mass is 35.5. The van der Waals surface area contributed by atoms with E-state index in [9.17, 15) is 0 Å². The summed E-state index contributed by atoms with van der Waals surface area (Å²) in [4.78, 5) is 9.85. The van der Waals surface area contributed by atoms with Crippen LogP contribution in [0.25, 0.3) is 0 Å². The lowest BCUT2D eigenvalue weighted by molar-refractivity contribution is 0.534. The molecule has 0 saturated heterocycles. The van der Waals surface area contributed by atoms with Gasteiger partial charge >= 0.3 is 0 Å². The Morgan fingerprint density at radius 3 is 2.22 bits per heavy atom. The average Bonchev–Trinajstić information content (AvgIpc) is 2.20. The van der Waals surface area contributed by atoms with Gasteiger partial charge in [0.15, 0.2) is 0 Å². The van der Waals surface area contributed by atoms with E-state index in [-0.39, 0.29) is 11.9 Å². The molecule has 0 atom stereocenters. The minimum Gasteiger partial charge on any atom is -0.369 e. The van der Waals surface area contributed by atoms with Crippen LogP contribution in [0.15, 0.2) is 28.2 Å². The van der Waals surface area contributed by atoms with E-state index in [1.165, 1.54) is 0 Å². The Hall–Kier alpha value is -1.46. The van der Waals surface area contributed by atoms with Crippen molar-refractivity contribution in [3.63, 3.8) is 0 Å². The van der Waals surface area contributed by atoms with E-state index in [2.05, 4.69) is 9.98 Å². The van der Waals surface area contributed by atoms with Crippen LogP contribution in [0, 0.1) is 0 Å². The van der Waals surface area contributed by atoms with Crippen molar-refractivity contribution in [1.82, 2.24) is 0 Å². The highest BCUT2D eigenvalue weighted by Crippen LogP contribution is 2.38. The summed E-state index contributed by atoms with van der Waals surface area (Å²) >= 11 is 12.4. The maximum absolute atomic E-state index is 6.18. The molecule has 1 heterocycles. The molecule has 0 spiro atoms. The zero-order chi connectivity index (χ0) is 13.5. The number of aliphatic imine (C=N–C) groups is 2. The second-order valence-corrected chi connectivity index (χ2v) is 5.15. The Kier molecular flexibility index (Phi) is 3.12. The molecule has 18 heavy (non-hydrogen) atoms. The standard InChI is InChI=1S/C11H13Cl2N5/c1-11(2)17-9(14)16-10(15)18(11)8-6(12)4-3-5-7(8)13/h3-5H,1-2H3,(H4,14,15,16,17). The normalized spacial score (nSPS) is 18.3. The summed E-state index contributed by atoms with van der Waals surface area (Å²) in [5.41, 5.74) is 11.4. The molecule has 1 aromatic carbocycles. The molecule has 0 radical (unpaired) electrons. The molecule has 96 valence electrons. The van der Waals surface area contributed by atoms with Crippen molar-refractivity contribution in [2.45, 2.75) is 19.5 Å². The summed E-state index contributed by atoms with van der Waals surface area (Å²) < 4.78 is 0. The molecule has 0 saturated carbocycles. The van der Waals surface area contributed by atoms with Crippen molar-refractivity contribution in [3.8, 4) is 0 Å². The predicted octanol–water partition coefficient (Wildman–Crippen LogP) is 2.18. The van der Waals surface area contributed by atoms with Crippen molar-refractivity contribution in [2.24, 2.45) is 21.5 Å². The molecule has 0 fully saturated rings. The Balaban J connectivity index is 2.61. The van der Waals surface area contributed by atoms with E-state index < -0.39 is 5.66 Å². The number of guanidine groups is 2. The van der Waals surface area contributed by atoms with Crippen molar-refractivity contribution < 1.29 is 0 Å². The quantitative estimate of drug-likeness (QED) is 0.830. The van der Waals surface area contributed by atoms with Crippen molar-refractivity contribution in [3.05, 3.63) is 28.2 Å². The molecular formula is C11H13Cl2N5. The van der Waals surface area contributed by atoms with Crippen LogP contribution in [-0.2, 0) is 0 Å². The van der Waals surface area contributed by atoms with Crippen LogP contribution in [0.4, 0.5) is 5.69 Å². The van der Waals surface area contributed by atoms with E-state index >= 15 is 0 Å². The summed E-state index contributed by atoms with van der Waals surface area (Å²) in [5, 5.41) is 0.953. The minimum atomic E-state index is -0.704. The van der Waals surface area contributed by atoms with E-state index in [4.69, 9.17) is 34.7 Å². The highest BCUT2D eigenvalue weighted by molar-refractivity contribution is 6.40. The number of para-hydroxylation sites is 1. The van der Waals surface area contributed by atoms with Gasteiger partial charge in [-0.2, -0.15) is 4.99 Å². The SMILES string of the molecule is CC1(C)N=C(N)N=C(N)N1c1c(Cl)cccc1Cl. The number of nitrogens with zero attached hydrogens (tertiary/aromatic N) is 3. The lowest BCUT2D eigenvalue weighted by Gasteiger charge is -2.39. The van der Waals surface area contributed by atoms with Crippen LogP contribution < -0.4 is 16.4 Å². The molecule has 2 rings (SSSR count). The highest BCUT2D eigenvalue weighted by Gasteiger charge is 2.35. The van der Waals surface area contributed by atoms with Gasteiger partial charge in [-0.15, -0.1) is 0 Å². The molecule has 0 bridgehead atoms. The molecule has 1 aromatic rings. The zero-order valence-corrected chi connectivity index (χ0v) is 11.5. The van der Waals surface area contributed by atoms with Crippen molar-refractivity contribution in [2.75, 3.05) is 4.90 Å². The number of hydrogen-bond donors (Lipinski definition) is 2. The van der Waals surface area contributed by atoms with Crippen molar-refractivity contribution >= 4 is 40.8 Å². The Bertz CT molecular complexity index is 530. The lowest BCUT2D eigenvalue weighted by Crippen LogP contribution is -2.54. The van der Waals surface area contributed by atoms with Gasteiger partial charge < -0.3 is 11.5 Å². The Morgan fingerprint density at radius 2 is 1.72 bits per heavy atom. The molecule has 1 aliphatic rings. The number of benzene rings is 1. The molecule has 1 aliphatic heterocycles. The second-order valence-electron chi connectivity index (χ2n) is 4.34. The van der Waals surface area contributed by atoms with Gasteiger partial charge in [0.25, 0.3) is 0 Å². The van der Waals surface area contributed by atoms with Crippen LogP contribution in [0.3, 0.4) is 0 Å².